The third kappa shape index (κ3) is 3.56. The van der Waals surface area contributed by atoms with Gasteiger partial charge in [-0.25, -0.2) is 9.07 Å². The van der Waals surface area contributed by atoms with Crippen LogP contribution in [-0.4, -0.2) is 27.6 Å². The fourth-order valence-corrected chi connectivity index (χ4v) is 3.70. The molecule has 2 aromatic heterocycles. The predicted octanol–water partition coefficient (Wildman–Crippen LogP) is 3.58. The number of nitrogens with one attached hydrogen (secondary N) is 3. The summed E-state index contributed by atoms with van der Waals surface area (Å²) in [5, 5.41) is 23.3. The Kier molecular flexibility index (Phi) is 5.07. The van der Waals surface area contributed by atoms with E-state index in [0.717, 1.165) is 58.8 Å². The lowest BCUT2D eigenvalue weighted by molar-refractivity contribution is 0.631. The van der Waals surface area contributed by atoms with Gasteiger partial charge in [0.15, 0.2) is 11.3 Å². The van der Waals surface area contributed by atoms with Gasteiger partial charge in [0.1, 0.15) is 12.2 Å². The molecule has 0 aliphatic carbocycles. The molecule has 1 aromatic carbocycles. The van der Waals surface area contributed by atoms with Gasteiger partial charge < -0.3 is 10.2 Å². The molecule has 3 aromatic rings. The molecule has 154 valence electrons. The predicted molar refractivity (Wildman–Crippen MR) is 115 cm³/mol. The molecule has 0 spiro atoms. The molecule has 0 unspecified atom stereocenters. The second-order valence-corrected chi connectivity index (χ2v) is 7.61. The molecule has 0 saturated carbocycles. The quantitative estimate of drug-likeness (QED) is 0.457. The minimum atomic E-state index is -0.304. The van der Waals surface area contributed by atoms with Crippen molar-refractivity contribution in [2.75, 3.05) is 16.8 Å². The fourth-order valence-electron chi connectivity index (χ4n) is 3.70. The molecule has 0 amide bonds. The summed E-state index contributed by atoms with van der Waals surface area (Å²) < 4.78 is 15.4. The first-order valence-corrected chi connectivity index (χ1v) is 9.78. The maximum Gasteiger partial charge on any atom is 0.153 e. The van der Waals surface area contributed by atoms with Gasteiger partial charge >= 0.3 is 0 Å². The van der Waals surface area contributed by atoms with Gasteiger partial charge in [0, 0.05) is 30.8 Å². The van der Waals surface area contributed by atoms with Crippen molar-refractivity contribution in [3.05, 3.63) is 69.7 Å². The third-order valence-corrected chi connectivity index (χ3v) is 5.55. The topological polar surface area (TPSA) is 93.7 Å². The second kappa shape index (κ2) is 7.70. The monoisotopic (exact) mass is 405 g/mol. The summed E-state index contributed by atoms with van der Waals surface area (Å²) in [4.78, 5) is 6.72. The third-order valence-electron chi connectivity index (χ3n) is 5.55. The fraction of sp³-hybridized carbons (Fsp3) is 0.273. The van der Waals surface area contributed by atoms with Crippen molar-refractivity contribution in [1.82, 2.24) is 14.8 Å². The normalized spacial score (nSPS) is 13.1. The van der Waals surface area contributed by atoms with Gasteiger partial charge in [-0.15, -0.1) is 5.10 Å². The SMILES string of the molecule is Cc1ccc(F)c(Nc2cnc3c(c2)CN(c2nn(C=N)c(=N)c(C)c2C)CC3)c1. The zero-order valence-electron chi connectivity index (χ0n) is 17.3. The number of hydrogen-bond donors (Lipinski definition) is 3. The first-order valence-electron chi connectivity index (χ1n) is 9.78. The maximum absolute atomic E-state index is 14.1. The summed E-state index contributed by atoms with van der Waals surface area (Å²) in [5.41, 5.74) is 6.17. The Hall–Kier alpha value is -3.55. The largest absolute Gasteiger partial charge is 0.352 e. The van der Waals surface area contributed by atoms with E-state index in [1.807, 2.05) is 26.8 Å². The van der Waals surface area contributed by atoms with Crippen LogP contribution in [0.4, 0.5) is 21.6 Å². The summed E-state index contributed by atoms with van der Waals surface area (Å²) in [7, 11) is 0. The van der Waals surface area contributed by atoms with Gasteiger partial charge in [0.2, 0.25) is 0 Å². The van der Waals surface area contributed by atoms with E-state index in [1.165, 1.54) is 10.7 Å². The summed E-state index contributed by atoms with van der Waals surface area (Å²) in [6.07, 6.45) is 3.56. The number of halogens is 1. The lowest BCUT2D eigenvalue weighted by Crippen LogP contribution is -2.36. The van der Waals surface area contributed by atoms with Gasteiger partial charge in [-0.05, 0) is 55.7 Å². The highest BCUT2D eigenvalue weighted by Gasteiger charge is 2.22. The number of benzene rings is 1. The molecule has 0 bridgehead atoms. The Labute approximate surface area is 174 Å². The highest BCUT2D eigenvalue weighted by molar-refractivity contribution is 5.62. The summed E-state index contributed by atoms with van der Waals surface area (Å²) >= 11 is 0. The van der Waals surface area contributed by atoms with Crippen molar-refractivity contribution in [1.29, 1.82) is 10.8 Å². The van der Waals surface area contributed by atoms with Gasteiger partial charge in [0.25, 0.3) is 0 Å². The van der Waals surface area contributed by atoms with Crippen LogP contribution in [-0.2, 0) is 13.0 Å². The molecule has 7 nitrogen and oxygen atoms in total. The van der Waals surface area contributed by atoms with E-state index >= 15 is 0 Å². The maximum atomic E-state index is 14.1. The van der Waals surface area contributed by atoms with Crippen LogP contribution < -0.4 is 15.7 Å². The molecule has 0 radical (unpaired) electrons. The Balaban J connectivity index is 1.65. The van der Waals surface area contributed by atoms with Crippen LogP contribution >= 0.6 is 0 Å². The van der Waals surface area contributed by atoms with Crippen molar-refractivity contribution in [2.45, 2.75) is 33.7 Å². The van der Waals surface area contributed by atoms with Crippen molar-refractivity contribution in [3.63, 3.8) is 0 Å². The Morgan fingerprint density at radius 1 is 1.17 bits per heavy atom. The lowest BCUT2D eigenvalue weighted by atomic mass is 10.0. The van der Waals surface area contributed by atoms with Crippen molar-refractivity contribution >= 4 is 23.5 Å². The highest BCUT2D eigenvalue weighted by Crippen LogP contribution is 2.28. The van der Waals surface area contributed by atoms with Gasteiger partial charge in [-0.1, -0.05) is 6.07 Å². The number of fused-ring (bicyclic) bond motifs is 1. The zero-order valence-corrected chi connectivity index (χ0v) is 17.3. The zero-order chi connectivity index (χ0) is 21.4. The molecule has 1 aliphatic heterocycles. The van der Waals surface area contributed by atoms with Crippen LogP contribution in [0, 0.1) is 37.4 Å². The average molecular weight is 405 g/mol. The molecule has 3 heterocycles. The van der Waals surface area contributed by atoms with E-state index in [9.17, 15) is 4.39 Å². The standard InChI is InChI=1S/C22H24FN7/c1-13-4-5-18(23)20(8-13)27-17-9-16-11-29(7-6-19(16)26-10-17)22-15(3)14(2)21(25)30(12-24)28-22/h4-5,8-10,12,24-25,27H,6-7,11H2,1-3H3. The summed E-state index contributed by atoms with van der Waals surface area (Å²) in [6.45, 7) is 7.11. The molecule has 4 rings (SSSR count). The second-order valence-electron chi connectivity index (χ2n) is 7.61. The Morgan fingerprint density at radius 2 is 1.97 bits per heavy atom. The van der Waals surface area contributed by atoms with E-state index in [1.54, 1.807) is 18.3 Å². The van der Waals surface area contributed by atoms with Crippen LogP contribution in [0.1, 0.15) is 27.9 Å². The first kappa shape index (κ1) is 19.8. The van der Waals surface area contributed by atoms with Gasteiger partial charge in [0.05, 0.1) is 17.6 Å². The molecule has 0 atom stereocenters. The molecule has 0 fully saturated rings. The number of anilines is 3. The van der Waals surface area contributed by atoms with E-state index in [2.05, 4.69) is 20.3 Å². The first-order chi connectivity index (χ1) is 14.4. The number of aryl methyl sites for hydroxylation is 1. The van der Waals surface area contributed by atoms with E-state index < -0.39 is 0 Å². The van der Waals surface area contributed by atoms with Crippen LogP contribution in [0.3, 0.4) is 0 Å². The Bertz CT molecular complexity index is 1200. The van der Waals surface area contributed by atoms with Crippen LogP contribution in [0.15, 0.2) is 30.5 Å². The smallest absolute Gasteiger partial charge is 0.153 e. The minimum Gasteiger partial charge on any atom is -0.352 e. The number of pyridine rings is 1. The number of aromatic nitrogens is 3. The molecule has 1 aliphatic rings. The van der Waals surface area contributed by atoms with Gasteiger partial charge in [-0.2, -0.15) is 0 Å². The van der Waals surface area contributed by atoms with Gasteiger partial charge in [-0.3, -0.25) is 15.8 Å². The molecule has 8 heteroatoms. The highest BCUT2D eigenvalue weighted by atomic mass is 19.1. The van der Waals surface area contributed by atoms with Crippen LogP contribution in [0.5, 0.6) is 0 Å². The number of nitrogens with zero attached hydrogens (tertiary/aromatic N) is 4. The molecule has 30 heavy (non-hydrogen) atoms. The molecule has 3 N–H and O–H groups in total. The molecular formula is C22H24FN7. The van der Waals surface area contributed by atoms with Crippen molar-refractivity contribution < 1.29 is 4.39 Å². The average Bonchev–Trinajstić information content (AvgIpc) is 2.74. The molecular weight excluding hydrogens is 381 g/mol. The van der Waals surface area contributed by atoms with Crippen molar-refractivity contribution in [2.24, 2.45) is 0 Å². The van der Waals surface area contributed by atoms with Crippen molar-refractivity contribution in [3.8, 4) is 0 Å². The van der Waals surface area contributed by atoms with Crippen LogP contribution in [0.2, 0.25) is 0 Å². The summed E-state index contributed by atoms with van der Waals surface area (Å²) in [6, 6.07) is 6.97. The minimum absolute atomic E-state index is 0.219. The molecule has 0 saturated heterocycles. The number of rotatable bonds is 4. The summed E-state index contributed by atoms with van der Waals surface area (Å²) in [5.74, 6) is 0.461. The van der Waals surface area contributed by atoms with E-state index in [4.69, 9.17) is 10.8 Å². The van der Waals surface area contributed by atoms with E-state index in [0.29, 0.717) is 12.2 Å². The Morgan fingerprint density at radius 3 is 2.73 bits per heavy atom. The lowest BCUT2D eigenvalue weighted by Gasteiger charge is -2.31. The van der Waals surface area contributed by atoms with E-state index in [-0.39, 0.29) is 11.3 Å². The number of hydrogen-bond acceptors (Lipinski definition) is 6. The van der Waals surface area contributed by atoms with Crippen LogP contribution in [0.25, 0.3) is 0 Å².